The van der Waals surface area contributed by atoms with Crippen molar-refractivity contribution in [2.45, 2.75) is 25.7 Å². The van der Waals surface area contributed by atoms with Gasteiger partial charge < -0.3 is 5.11 Å². The summed E-state index contributed by atoms with van der Waals surface area (Å²) < 4.78 is 0. The normalized spacial score (nSPS) is 12.0. The van der Waals surface area contributed by atoms with Crippen LogP contribution < -0.4 is 0 Å². The molecule has 0 aromatic carbocycles. The predicted octanol–water partition coefficient (Wildman–Crippen LogP) is 3.92. The largest absolute Gasteiger partial charge is 0.516 e. The fourth-order valence-corrected chi connectivity index (χ4v) is 0.941. The first-order valence-electron chi connectivity index (χ1n) is 4.65. The van der Waals surface area contributed by atoms with Crippen molar-refractivity contribution >= 4 is 0 Å². The summed E-state index contributed by atoms with van der Waals surface area (Å²) in [4.78, 5) is 0. The smallest absolute Gasteiger partial charge is 0.0791 e. The standard InChI is InChI=1S/C12H18O/c1-2-3-4-5-6-7-8-9-10-11-12-13/h2-4,9-13H,1,5-8H2/b4-3?,10-9?,12-11-. The molecule has 13 heavy (non-hydrogen) atoms. The second kappa shape index (κ2) is 10.8. The molecule has 0 aliphatic heterocycles. The molecule has 0 saturated heterocycles. The van der Waals surface area contributed by atoms with Crippen LogP contribution in [0.25, 0.3) is 0 Å². The van der Waals surface area contributed by atoms with Gasteiger partial charge in [0.15, 0.2) is 0 Å². The SMILES string of the molecule is C=CC=CCCCCC=C/C=C\O. The number of unbranched alkanes of at least 4 members (excludes halogenated alkanes) is 3. The maximum atomic E-state index is 8.32. The van der Waals surface area contributed by atoms with Crippen molar-refractivity contribution in [2.24, 2.45) is 0 Å². The molecule has 0 saturated carbocycles. The van der Waals surface area contributed by atoms with Gasteiger partial charge in [-0.2, -0.15) is 0 Å². The Kier molecular flexibility index (Phi) is 9.73. The van der Waals surface area contributed by atoms with Crippen molar-refractivity contribution in [1.29, 1.82) is 0 Å². The molecule has 0 aliphatic carbocycles. The van der Waals surface area contributed by atoms with Crippen LogP contribution >= 0.6 is 0 Å². The van der Waals surface area contributed by atoms with E-state index in [1.165, 1.54) is 12.8 Å². The van der Waals surface area contributed by atoms with Crippen molar-refractivity contribution in [1.82, 2.24) is 0 Å². The highest BCUT2D eigenvalue weighted by Crippen LogP contribution is 2.01. The summed E-state index contributed by atoms with van der Waals surface area (Å²) in [6.45, 7) is 3.60. The van der Waals surface area contributed by atoms with Crippen LogP contribution in [0.5, 0.6) is 0 Å². The minimum atomic E-state index is 1.04. The van der Waals surface area contributed by atoms with Gasteiger partial charge >= 0.3 is 0 Å². The van der Waals surface area contributed by atoms with Crippen LogP contribution in [0.15, 0.2) is 49.3 Å². The van der Waals surface area contributed by atoms with Crippen LogP contribution in [0.1, 0.15) is 25.7 Å². The summed E-state index contributed by atoms with van der Waals surface area (Å²) in [7, 11) is 0. The number of hydrogen-bond donors (Lipinski definition) is 1. The van der Waals surface area contributed by atoms with Crippen molar-refractivity contribution in [3.05, 3.63) is 49.3 Å². The molecule has 0 bridgehead atoms. The van der Waals surface area contributed by atoms with Gasteiger partial charge in [0.1, 0.15) is 0 Å². The van der Waals surface area contributed by atoms with Crippen molar-refractivity contribution in [3.8, 4) is 0 Å². The van der Waals surface area contributed by atoms with Gasteiger partial charge in [0.25, 0.3) is 0 Å². The molecule has 0 atom stereocenters. The van der Waals surface area contributed by atoms with Crippen LogP contribution in [0.4, 0.5) is 0 Å². The van der Waals surface area contributed by atoms with Crippen LogP contribution in [-0.2, 0) is 0 Å². The number of aliphatic hydroxyl groups excluding tert-OH is 1. The minimum Gasteiger partial charge on any atom is -0.516 e. The summed E-state index contributed by atoms with van der Waals surface area (Å²) in [6, 6.07) is 0. The van der Waals surface area contributed by atoms with Gasteiger partial charge in [0, 0.05) is 0 Å². The van der Waals surface area contributed by atoms with E-state index in [2.05, 4.69) is 18.7 Å². The Balaban J connectivity index is 3.16. The van der Waals surface area contributed by atoms with Gasteiger partial charge in [-0.1, -0.05) is 37.0 Å². The van der Waals surface area contributed by atoms with E-state index in [4.69, 9.17) is 5.11 Å². The van der Waals surface area contributed by atoms with Gasteiger partial charge in [0.2, 0.25) is 0 Å². The zero-order chi connectivity index (χ0) is 9.78. The lowest BCUT2D eigenvalue weighted by atomic mass is 10.2. The Morgan fingerprint density at radius 2 is 1.54 bits per heavy atom. The fraction of sp³-hybridized carbons (Fsp3) is 0.333. The molecular formula is C12H18O. The second-order valence-electron chi connectivity index (χ2n) is 2.72. The number of hydrogen-bond acceptors (Lipinski definition) is 1. The Morgan fingerprint density at radius 1 is 0.923 bits per heavy atom. The minimum absolute atomic E-state index is 1.04. The molecule has 0 aliphatic rings. The van der Waals surface area contributed by atoms with Gasteiger partial charge in [-0.15, -0.1) is 0 Å². The van der Waals surface area contributed by atoms with Crippen molar-refractivity contribution in [2.75, 3.05) is 0 Å². The lowest BCUT2D eigenvalue weighted by Gasteiger charge is -1.91. The molecule has 0 amide bonds. The lowest BCUT2D eigenvalue weighted by Crippen LogP contribution is -1.71. The molecular weight excluding hydrogens is 160 g/mol. The Bertz CT molecular complexity index is 187. The first kappa shape index (κ1) is 11.8. The number of allylic oxidation sites excluding steroid dienone is 6. The average Bonchev–Trinajstić information content (AvgIpc) is 2.16. The Labute approximate surface area is 80.8 Å². The highest BCUT2D eigenvalue weighted by Gasteiger charge is 1.81. The maximum absolute atomic E-state index is 8.32. The van der Waals surface area contributed by atoms with Crippen molar-refractivity contribution < 1.29 is 5.11 Å². The molecule has 72 valence electrons. The zero-order valence-electron chi connectivity index (χ0n) is 8.02. The lowest BCUT2D eigenvalue weighted by molar-refractivity contribution is 0.473. The predicted molar refractivity (Wildman–Crippen MR) is 58.7 cm³/mol. The van der Waals surface area contributed by atoms with Gasteiger partial charge in [-0.05, 0) is 31.8 Å². The zero-order valence-corrected chi connectivity index (χ0v) is 8.02. The average molecular weight is 178 g/mol. The van der Waals surface area contributed by atoms with E-state index >= 15 is 0 Å². The van der Waals surface area contributed by atoms with E-state index in [-0.39, 0.29) is 0 Å². The molecule has 0 fully saturated rings. The molecule has 1 nitrogen and oxygen atoms in total. The molecule has 0 aromatic heterocycles. The molecule has 1 N–H and O–H groups in total. The van der Waals surface area contributed by atoms with Crippen LogP contribution in [0.2, 0.25) is 0 Å². The summed E-state index contributed by atoms with van der Waals surface area (Å²) >= 11 is 0. The van der Waals surface area contributed by atoms with E-state index in [1.807, 2.05) is 12.2 Å². The second-order valence-corrected chi connectivity index (χ2v) is 2.72. The third kappa shape index (κ3) is 10.8. The fourth-order valence-electron chi connectivity index (χ4n) is 0.941. The first-order chi connectivity index (χ1) is 6.41. The summed E-state index contributed by atoms with van der Waals surface area (Å²) in [5.74, 6) is 0. The van der Waals surface area contributed by atoms with Crippen LogP contribution in [0, 0.1) is 0 Å². The third-order valence-electron chi connectivity index (χ3n) is 1.60. The van der Waals surface area contributed by atoms with E-state index in [0.29, 0.717) is 0 Å². The molecule has 1 heteroatoms. The van der Waals surface area contributed by atoms with E-state index in [0.717, 1.165) is 19.1 Å². The molecule has 0 spiro atoms. The number of aliphatic hydroxyl groups is 1. The monoisotopic (exact) mass is 178 g/mol. The summed E-state index contributed by atoms with van der Waals surface area (Å²) in [5.41, 5.74) is 0. The van der Waals surface area contributed by atoms with E-state index in [9.17, 15) is 0 Å². The van der Waals surface area contributed by atoms with Crippen molar-refractivity contribution in [3.63, 3.8) is 0 Å². The number of rotatable bonds is 7. The molecule has 0 rings (SSSR count). The quantitative estimate of drug-likeness (QED) is 0.356. The molecule has 0 aromatic rings. The Hall–Kier alpha value is -1.24. The van der Waals surface area contributed by atoms with Gasteiger partial charge in [-0.3, -0.25) is 0 Å². The highest BCUT2D eigenvalue weighted by atomic mass is 16.2. The summed E-state index contributed by atoms with van der Waals surface area (Å²) in [5, 5.41) is 8.32. The Morgan fingerprint density at radius 3 is 2.08 bits per heavy atom. The molecule has 0 radical (unpaired) electrons. The van der Waals surface area contributed by atoms with Gasteiger partial charge in [-0.25, -0.2) is 0 Å². The molecule has 0 heterocycles. The maximum Gasteiger partial charge on any atom is 0.0791 e. The summed E-state index contributed by atoms with van der Waals surface area (Å²) in [6.07, 6.45) is 17.1. The topological polar surface area (TPSA) is 20.2 Å². The van der Waals surface area contributed by atoms with Crippen LogP contribution in [0.3, 0.4) is 0 Å². The van der Waals surface area contributed by atoms with E-state index < -0.39 is 0 Å². The highest BCUT2D eigenvalue weighted by molar-refractivity contribution is 4.99. The third-order valence-corrected chi connectivity index (χ3v) is 1.60. The van der Waals surface area contributed by atoms with E-state index in [1.54, 1.807) is 12.2 Å². The van der Waals surface area contributed by atoms with Crippen LogP contribution in [-0.4, -0.2) is 5.11 Å². The van der Waals surface area contributed by atoms with Gasteiger partial charge in [0.05, 0.1) is 6.26 Å². The molecule has 0 unspecified atom stereocenters. The first-order valence-corrected chi connectivity index (χ1v) is 4.65.